The van der Waals surface area contributed by atoms with Crippen molar-refractivity contribution in [2.24, 2.45) is 7.05 Å². The molecule has 0 aromatic carbocycles. The molecule has 27 heavy (non-hydrogen) atoms. The smallest absolute Gasteiger partial charge is 0.340 e. The van der Waals surface area contributed by atoms with Crippen molar-refractivity contribution in [3.63, 3.8) is 0 Å². The van der Waals surface area contributed by atoms with Crippen LogP contribution in [0.2, 0.25) is 0 Å². The number of methoxy groups -OCH3 is 2. The Balaban J connectivity index is 2.25. The zero-order valence-electron chi connectivity index (χ0n) is 14.8. The number of pyridine rings is 2. The molecule has 0 aliphatic carbocycles. The van der Waals surface area contributed by atoms with Crippen molar-refractivity contribution in [1.29, 1.82) is 0 Å². The molecule has 0 saturated heterocycles. The molecule has 9 heteroatoms. The van der Waals surface area contributed by atoms with Crippen LogP contribution in [0.15, 0.2) is 36.8 Å². The average Bonchev–Trinajstić information content (AvgIpc) is 3.12. The number of carbonyl (C=O) groups is 1. The van der Waals surface area contributed by atoms with Gasteiger partial charge in [-0.3, -0.25) is 14.6 Å². The molecule has 0 fully saturated rings. The van der Waals surface area contributed by atoms with Gasteiger partial charge in [-0.05, 0) is 18.2 Å². The van der Waals surface area contributed by atoms with Gasteiger partial charge in [0.05, 0.1) is 31.7 Å². The first-order valence-electron chi connectivity index (χ1n) is 7.85. The minimum atomic E-state index is -2.77. The molecule has 0 atom stereocenters. The van der Waals surface area contributed by atoms with E-state index in [0.717, 1.165) is 0 Å². The maximum absolute atomic E-state index is 13.2. The molecule has 0 bridgehead atoms. The van der Waals surface area contributed by atoms with E-state index in [1.54, 1.807) is 30.1 Å². The Kier molecular flexibility index (Phi) is 5.11. The second kappa shape index (κ2) is 7.48. The van der Waals surface area contributed by atoms with Gasteiger partial charge in [-0.2, -0.15) is 5.10 Å². The van der Waals surface area contributed by atoms with E-state index in [-0.39, 0.29) is 16.9 Å². The average molecular weight is 374 g/mol. The molecular weight excluding hydrogens is 358 g/mol. The molecule has 0 amide bonds. The van der Waals surface area contributed by atoms with E-state index in [2.05, 4.69) is 15.1 Å². The highest BCUT2D eigenvalue weighted by atomic mass is 19.3. The third kappa shape index (κ3) is 3.62. The summed E-state index contributed by atoms with van der Waals surface area (Å²) in [6.07, 6.45) is 1.49. The van der Waals surface area contributed by atoms with Gasteiger partial charge in [0, 0.05) is 30.6 Å². The van der Waals surface area contributed by atoms with Crippen molar-refractivity contribution in [3.8, 4) is 28.3 Å². The van der Waals surface area contributed by atoms with Crippen LogP contribution in [0.25, 0.3) is 22.5 Å². The first-order valence-corrected chi connectivity index (χ1v) is 7.85. The van der Waals surface area contributed by atoms with Crippen LogP contribution in [0, 0.1) is 0 Å². The van der Waals surface area contributed by atoms with Gasteiger partial charge in [0.2, 0.25) is 0 Å². The topological polar surface area (TPSA) is 79.1 Å². The Labute approximate surface area is 153 Å². The molecule has 0 radical (unpaired) electrons. The highest BCUT2D eigenvalue weighted by molar-refractivity contribution is 5.98. The van der Waals surface area contributed by atoms with Gasteiger partial charge in [0.15, 0.2) is 0 Å². The number of carbonyl (C=O) groups excluding carboxylic acids is 1. The molecule has 3 heterocycles. The number of alkyl halides is 2. The summed E-state index contributed by atoms with van der Waals surface area (Å²) in [6.45, 7) is 0. The van der Waals surface area contributed by atoms with Crippen molar-refractivity contribution in [3.05, 3.63) is 48.0 Å². The van der Waals surface area contributed by atoms with Crippen LogP contribution in [0.5, 0.6) is 5.75 Å². The van der Waals surface area contributed by atoms with Gasteiger partial charge in [0.1, 0.15) is 17.1 Å². The van der Waals surface area contributed by atoms with Gasteiger partial charge >= 0.3 is 5.97 Å². The lowest BCUT2D eigenvalue weighted by Crippen LogP contribution is -2.06. The Morgan fingerprint density at radius 2 is 1.89 bits per heavy atom. The molecule has 0 aliphatic heterocycles. The largest absolute Gasteiger partial charge is 0.494 e. The predicted octanol–water partition coefficient (Wildman–Crippen LogP) is 3.28. The van der Waals surface area contributed by atoms with Crippen molar-refractivity contribution in [2.45, 2.75) is 6.43 Å². The lowest BCUT2D eigenvalue weighted by molar-refractivity contribution is 0.0601. The molecule has 0 saturated carbocycles. The molecule has 3 rings (SSSR count). The molecular formula is C18H16F2N4O3. The van der Waals surface area contributed by atoms with Crippen molar-refractivity contribution < 1.29 is 23.0 Å². The zero-order valence-corrected chi connectivity index (χ0v) is 14.8. The summed E-state index contributed by atoms with van der Waals surface area (Å²) in [6, 6.07) is 4.52. The van der Waals surface area contributed by atoms with Crippen molar-refractivity contribution >= 4 is 5.97 Å². The van der Waals surface area contributed by atoms with Crippen molar-refractivity contribution in [2.75, 3.05) is 14.2 Å². The third-order valence-electron chi connectivity index (χ3n) is 3.91. The van der Waals surface area contributed by atoms with Crippen LogP contribution in [0.3, 0.4) is 0 Å². The Morgan fingerprint density at radius 3 is 2.48 bits per heavy atom. The highest BCUT2D eigenvalue weighted by Crippen LogP contribution is 2.36. The Morgan fingerprint density at radius 1 is 1.11 bits per heavy atom. The number of rotatable bonds is 5. The third-order valence-corrected chi connectivity index (χ3v) is 3.91. The summed E-state index contributed by atoms with van der Waals surface area (Å²) in [5, 5.41) is 4.27. The molecule has 140 valence electrons. The standard InChI is InChI=1S/C18H16F2N4O3/c1-24-5-4-13(23-24)14-6-10(12(8-21-14)18(25)27-3)11-7-15(17(19)20)22-9-16(11)26-2/h4-9,17H,1-3H3. The van der Waals surface area contributed by atoms with E-state index in [1.165, 1.54) is 32.7 Å². The number of hydrogen-bond acceptors (Lipinski definition) is 6. The monoisotopic (exact) mass is 374 g/mol. The van der Waals surface area contributed by atoms with E-state index in [0.29, 0.717) is 17.0 Å². The van der Waals surface area contributed by atoms with Crippen LogP contribution < -0.4 is 4.74 Å². The summed E-state index contributed by atoms with van der Waals surface area (Å²) in [4.78, 5) is 20.1. The molecule has 0 aliphatic rings. The number of halogens is 2. The molecule has 3 aromatic rings. The van der Waals surface area contributed by atoms with Crippen LogP contribution in [0.4, 0.5) is 8.78 Å². The Bertz CT molecular complexity index is 988. The summed E-state index contributed by atoms with van der Waals surface area (Å²) < 4.78 is 38.0. The fourth-order valence-corrected chi connectivity index (χ4v) is 2.59. The number of nitrogens with zero attached hydrogens (tertiary/aromatic N) is 4. The molecule has 0 spiro atoms. The normalized spacial score (nSPS) is 10.9. The zero-order chi connectivity index (χ0) is 19.6. The van der Waals surface area contributed by atoms with Crippen LogP contribution >= 0.6 is 0 Å². The van der Waals surface area contributed by atoms with Gasteiger partial charge in [0.25, 0.3) is 6.43 Å². The lowest BCUT2D eigenvalue weighted by Gasteiger charge is -2.14. The second-order valence-electron chi connectivity index (χ2n) is 5.59. The number of ether oxygens (including phenoxy) is 2. The van der Waals surface area contributed by atoms with E-state index in [1.807, 2.05) is 0 Å². The van der Waals surface area contributed by atoms with Gasteiger partial charge in [-0.25, -0.2) is 13.6 Å². The van der Waals surface area contributed by atoms with Crippen LogP contribution in [-0.4, -0.2) is 39.9 Å². The predicted molar refractivity (Wildman–Crippen MR) is 92.5 cm³/mol. The van der Waals surface area contributed by atoms with E-state index >= 15 is 0 Å². The number of aryl methyl sites for hydroxylation is 1. The summed E-state index contributed by atoms with van der Waals surface area (Å²) in [7, 11) is 4.38. The maximum Gasteiger partial charge on any atom is 0.340 e. The van der Waals surface area contributed by atoms with E-state index < -0.39 is 18.1 Å². The molecule has 3 aromatic heterocycles. The number of hydrogen-bond donors (Lipinski definition) is 0. The SMILES string of the molecule is COC(=O)c1cnc(-c2ccn(C)n2)cc1-c1cc(C(F)F)ncc1OC. The Hall–Kier alpha value is -3.36. The maximum atomic E-state index is 13.2. The minimum Gasteiger partial charge on any atom is -0.494 e. The first kappa shape index (κ1) is 18.4. The van der Waals surface area contributed by atoms with E-state index in [4.69, 9.17) is 9.47 Å². The molecule has 7 nitrogen and oxygen atoms in total. The number of aromatic nitrogens is 4. The highest BCUT2D eigenvalue weighted by Gasteiger charge is 2.21. The molecule has 0 N–H and O–H groups in total. The first-order chi connectivity index (χ1) is 12.9. The fraction of sp³-hybridized carbons (Fsp3) is 0.222. The minimum absolute atomic E-state index is 0.113. The van der Waals surface area contributed by atoms with Gasteiger partial charge < -0.3 is 9.47 Å². The summed E-state index contributed by atoms with van der Waals surface area (Å²) >= 11 is 0. The quantitative estimate of drug-likeness (QED) is 0.638. The van der Waals surface area contributed by atoms with E-state index in [9.17, 15) is 13.6 Å². The van der Waals surface area contributed by atoms with Crippen LogP contribution in [-0.2, 0) is 11.8 Å². The van der Waals surface area contributed by atoms with Crippen molar-refractivity contribution in [1.82, 2.24) is 19.7 Å². The fourth-order valence-electron chi connectivity index (χ4n) is 2.59. The summed E-state index contributed by atoms with van der Waals surface area (Å²) in [5.41, 5.74) is 1.33. The van der Waals surface area contributed by atoms with Crippen LogP contribution in [0.1, 0.15) is 22.5 Å². The lowest BCUT2D eigenvalue weighted by atomic mass is 9.99. The second-order valence-corrected chi connectivity index (χ2v) is 5.59. The summed E-state index contributed by atoms with van der Waals surface area (Å²) in [5.74, 6) is -0.412. The van der Waals surface area contributed by atoms with Gasteiger partial charge in [-0.15, -0.1) is 0 Å². The number of esters is 1. The molecule has 0 unspecified atom stereocenters. The van der Waals surface area contributed by atoms with Gasteiger partial charge in [-0.1, -0.05) is 0 Å².